The van der Waals surface area contributed by atoms with Gasteiger partial charge in [-0.3, -0.25) is 0 Å². The molecule has 3 nitrogen and oxygen atoms in total. The molecule has 0 bridgehead atoms. The first-order chi connectivity index (χ1) is 8.66. The number of likely N-dealkylation sites (tertiary alicyclic amines) is 1. The van der Waals surface area contributed by atoms with Crippen LogP contribution >= 0.6 is 15.9 Å². The highest BCUT2D eigenvalue weighted by Crippen LogP contribution is 2.26. The number of nitrogens with two attached hydrogens (primary N) is 1. The van der Waals surface area contributed by atoms with Crippen LogP contribution in [0, 0.1) is 0 Å². The maximum Gasteiger partial charge on any atom is 0.142 e. The summed E-state index contributed by atoms with van der Waals surface area (Å²) in [6.07, 6.45) is 5.03. The predicted molar refractivity (Wildman–Crippen MR) is 78.9 cm³/mol. The van der Waals surface area contributed by atoms with Crippen LogP contribution in [-0.2, 0) is 0 Å². The Labute approximate surface area is 117 Å². The Bertz CT molecular complexity index is 397. The molecule has 1 heterocycles. The molecule has 4 heteroatoms. The quantitative estimate of drug-likeness (QED) is 0.867. The van der Waals surface area contributed by atoms with E-state index in [0.717, 1.165) is 23.2 Å². The Morgan fingerprint density at radius 3 is 3.00 bits per heavy atom. The highest BCUT2D eigenvalue weighted by Gasteiger charge is 2.18. The number of nitrogen functional groups attached to an aromatic ring is 1. The Hall–Kier alpha value is -0.740. The smallest absolute Gasteiger partial charge is 0.142 e. The van der Waals surface area contributed by atoms with Crippen molar-refractivity contribution in [1.82, 2.24) is 4.90 Å². The molecule has 1 saturated heterocycles. The third-order valence-corrected chi connectivity index (χ3v) is 4.10. The summed E-state index contributed by atoms with van der Waals surface area (Å²) in [7, 11) is 2.21. The van der Waals surface area contributed by atoms with Gasteiger partial charge >= 0.3 is 0 Å². The number of piperidine rings is 1. The summed E-state index contributed by atoms with van der Waals surface area (Å²) in [6.45, 7) is 1.95. The molecule has 1 aliphatic heterocycles. The summed E-state index contributed by atoms with van der Waals surface area (Å²) in [6, 6.07) is 6.42. The van der Waals surface area contributed by atoms with Gasteiger partial charge < -0.3 is 15.4 Å². The van der Waals surface area contributed by atoms with Crippen LogP contribution in [0.5, 0.6) is 5.75 Å². The van der Waals surface area contributed by atoms with E-state index in [0.29, 0.717) is 11.7 Å². The van der Waals surface area contributed by atoms with Crippen LogP contribution in [0.25, 0.3) is 0 Å². The van der Waals surface area contributed by atoms with Gasteiger partial charge in [-0.2, -0.15) is 0 Å². The largest absolute Gasteiger partial charge is 0.491 e. The number of nitrogens with zero attached hydrogens (tertiary/aromatic N) is 1. The van der Waals surface area contributed by atoms with Crippen molar-refractivity contribution < 1.29 is 4.74 Å². The Balaban J connectivity index is 1.81. The van der Waals surface area contributed by atoms with Crippen molar-refractivity contribution >= 4 is 21.6 Å². The number of anilines is 1. The number of rotatable bonds is 4. The van der Waals surface area contributed by atoms with E-state index in [2.05, 4.69) is 27.9 Å². The van der Waals surface area contributed by atoms with Crippen LogP contribution in [0.2, 0.25) is 0 Å². The van der Waals surface area contributed by atoms with Crippen molar-refractivity contribution in [3.8, 4) is 5.75 Å². The second-order valence-corrected chi connectivity index (χ2v) is 5.87. The molecule has 0 radical (unpaired) electrons. The predicted octanol–water partition coefficient (Wildman–Crippen LogP) is 3.28. The van der Waals surface area contributed by atoms with Crippen LogP contribution in [0.4, 0.5) is 5.69 Å². The van der Waals surface area contributed by atoms with Crippen LogP contribution < -0.4 is 10.5 Å². The van der Waals surface area contributed by atoms with Crippen LogP contribution in [0.3, 0.4) is 0 Å². The first-order valence-corrected chi connectivity index (χ1v) is 7.34. The third kappa shape index (κ3) is 3.62. The molecule has 0 aliphatic carbocycles. The van der Waals surface area contributed by atoms with Gasteiger partial charge in [-0.15, -0.1) is 0 Å². The lowest BCUT2D eigenvalue weighted by Gasteiger charge is -2.32. The summed E-state index contributed by atoms with van der Waals surface area (Å²) in [5, 5.41) is 0. The molecular weight excluding hydrogens is 292 g/mol. The fraction of sp³-hybridized carbons (Fsp3) is 0.571. The van der Waals surface area contributed by atoms with Crippen LogP contribution in [0.1, 0.15) is 25.7 Å². The molecule has 0 saturated carbocycles. The Morgan fingerprint density at radius 2 is 2.28 bits per heavy atom. The zero-order valence-electron chi connectivity index (χ0n) is 10.9. The van der Waals surface area contributed by atoms with Crippen LogP contribution in [0.15, 0.2) is 22.7 Å². The topological polar surface area (TPSA) is 38.5 Å². The lowest BCUT2D eigenvalue weighted by Crippen LogP contribution is -2.37. The van der Waals surface area contributed by atoms with E-state index in [1.54, 1.807) is 0 Å². The molecule has 1 unspecified atom stereocenters. The van der Waals surface area contributed by atoms with Gasteiger partial charge in [-0.1, -0.05) is 22.4 Å². The van der Waals surface area contributed by atoms with E-state index in [9.17, 15) is 0 Å². The summed E-state index contributed by atoms with van der Waals surface area (Å²) in [5.74, 6) is 0.789. The minimum atomic E-state index is 0.662. The third-order valence-electron chi connectivity index (χ3n) is 3.60. The van der Waals surface area contributed by atoms with Crippen molar-refractivity contribution in [1.29, 1.82) is 0 Å². The zero-order valence-corrected chi connectivity index (χ0v) is 12.4. The molecule has 1 aromatic rings. The molecule has 2 N–H and O–H groups in total. The van der Waals surface area contributed by atoms with Gasteiger partial charge in [0.05, 0.1) is 12.3 Å². The molecule has 1 atom stereocenters. The molecule has 1 aromatic carbocycles. The zero-order chi connectivity index (χ0) is 13.0. The van der Waals surface area contributed by atoms with Crippen molar-refractivity contribution in [2.24, 2.45) is 0 Å². The minimum absolute atomic E-state index is 0.662. The van der Waals surface area contributed by atoms with E-state index in [1.165, 1.54) is 25.8 Å². The van der Waals surface area contributed by atoms with Crippen molar-refractivity contribution in [3.63, 3.8) is 0 Å². The van der Waals surface area contributed by atoms with E-state index >= 15 is 0 Å². The summed E-state index contributed by atoms with van der Waals surface area (Å²) < 4.78 is 6.76. The van der Waals surface area contributed by atoms with E-state index < -0.39 is 0 Å². The lowest BCUT2D eigenvalue weighted by molar-refractivity contribution is 0.153. The van der Waals surface area contributed by atoms with Crippen molar-refractivity contribution in [2.75, 3.05) is 25.9 Å². The Morgan fingerprint density at radius 1 is 1.44 bits per heavy atom. The van der Waals surface area contributed by atoms with Gasteiger partial charge in [-0.05, 0) is 51.1 Å². The summed E-state index contributed by atoms with van der Waals surface area (Å²) >= 11 is 3.39. The SMILES string of the molecule is CN1CCCCC1CCOc1ccc(Br)cc1N. The molecule has 0 amide bonds. The van der Waals surface area contributed by atoms with Gasteiger partial charge in [-0.25, -0.2) is 0 Å². The summed E-state index contributed by atoms with van der Waals surface area (Å²) in [4.78, 5) is 2.44. The lowest BCUT2D eigenvalue weighted by atomic mass is 10.0. The van der Waals surface area contributed by atoms with Gasteiger partial charge in [0, 0.05) is 10.5 Å². The molecule has 2 rings (SSSR count). The summed E-state index contributed by atoms with van der Waals surface area (Å²) in [5.41, 5.74) is 6.60. The van der Waals surface area contributed by atoms with Gasteiger partial charge in [0.1, 0.15) is 5.75 Å². The standard InChI is InChI=1S/C14H21BrN2O/c1-17-8-3-2-4-12(17)7-9-18-14-6-5-11(15)10-13(14)16/h5-6,10,12H,2-4,7-9,16H2,1H3. The Kier molecular flexibility index (Phi) is 4.89. The number of hydrogen-bond acceptors (Lipinski definition) is 3. The second-order valence-electron chi connectivity index (χ2n) is 4.95. The van der Waals surface area contributed by atoms with Crippen LogP contribution in [-0.4, -0.2) is 31.1 Å². The molecule has 100 valence electrons. The molecular formula is C14H21BrN2O. The maximum atomic E-state index is 5.90. The highest BCUT2D eigenvalue weighted by atomic mass is 79.9. The molecule has 0 aromatic heterocycles. The highest BCUT2D eigenvalue weighted by molar-refractivity contribution is 9.10. The molecule has 1 fully saturated rings. The van der Waals surface area contributed by atoms with E-state index in [1.807, 2.05) is 18.2 Å². The fourth-order valence-corrected chi connectivity index (χ4v) is 2.84. The van der Waals surface area contributed by atoms with E-state index in [4.69, 9.17) is 10.5 Å². The monoisotopic (exact) mass is 312 g/mol. The average Bonchev–Trinajstić information content (AvgIpc) is 2.34. The van der Waals surface area contributed by atoms with Gasteiger partial charge in [0.15, 0.2) is 0 Å². The molecule has 0 spiro atoms. The van der Waals surface area contributed by atoms with Gasteiger partial charge in [0.2, 0.25) is 0 Å². The molecule has 1 aliphatic rings. The minimum Gasteiger partial charge on any atom is -0.491 e. The van der Waals surface area contributed by atoms with Crippen molar-refractivity contribution in [3.05, 3.63) is 22.7 Å². The first-order valence-electron chi connectivity index (χ1n) is 6.55. The number of benzene rings is 1. The van der Waals surface area contributed by atoms with Crippen molar-refractivity contribution in [2.45, 2.75) is 31.7 Å². The fourth-order valence-electron chi connectivity index (χ4n) is 2.46. The molecule has 18 heavy (non-hydrogen) atoms. The number of halogens is 1. The first kappa shape index (κ1) is 13.7. The van der Waals surface area contributed by atoms with Gasteiger partial charge in [0.25, 0.3) is 0 Å². The number of hydrogen-bond donors (Lipinski definition) is 1. The second kappa shape index (κ2) is 6.43. The maximum absolute atomic E-state index is 5.90. The average molecular weight is 313 g/mol. The number of ether oxygens (including phenoxy) is 1. The normalized spacial score (nSPS) is 20.9. The van der Waals surface area contributed by atoms with E-state index in [-0.39, 0.29) is 0 Å².